The van der Waals surface area contributed by atoms with Gasteiger partial charge in [-0.15, -0.1) is 0 Å². The van der Waals surface area contributed by atoms with Crippen molar-refractivity contribution in [3.63, 3.8) is 0 Å². The number of amides is 1. The fourth-order valence-corrected chi connectivity index (χ4v) is 3.97. The van der Waals surface area contributed by atoms with Crippen LogP contribution in [0.1, 0.15) is 16.1 Å². The molecule has 3 aromatic rings. The van der Waals surface area contributed by atoms with E-state index in [0.717, 1.165) is 5.69 Å². The van der Waals surface area contributed by atoms with Crippen LogP contribution in [0.2, 0.25) is 0 Å². The molecule has 1 fully saturated rings. The van der Waals surface area contributed by atoms with Crippen molar-refractivity contribution >= 4 is 38.2 Å². The van der Waals surface area contributed by atoms with Crippen molar-refractivity contribution in [2.24, 2.45) is 0 Å². The van der Waals surface area contributed by atoms with E-state index in [1.807, 2.05) is 19.1 Å². The van der Waals surface area contributed by atoms with Crippen LogP contribution in [0, 0.1) is 6.92 Å². The first-order valence-corrected chi connectivity index (χ1v) is 11.4. The van der Waals surface area contributed by atoms with Crippen LogP contribution >= 0.6 is 0 Å². The van der Waals surface area contributed by atoms with Gasteiger partial charge in [-0.3, -0.25) is 4.79 Å². The molecule has 0 spiro atoms. The molecule has 1 saturated heterocycles. The largest absolute Gasteiger partial charge is 0.378 e. The van der Waals surface area contributed by atoms with Gasteiger partial charge >= 0.3 is 0 Å². The highest BCUT2D eigenvalue weighted by Crippen LogP contribution is 2.30. The van der Waals surface area contributed by atoms with Crippen molar-refractivity contribution in [3.8, 4) is 0 Å². The normalized spacial score (nSPS) is 14.7. The molecule has 2 aromatic heterocycles. The number of benzene rings is 1. The number of pyridine rings is 2. The number of hydrogen-bond acceptors (Lipinski definition) is 7. The van der Waals surface area contributed by atoms with Crippen LogP contribution in [0.15, 0.2) is 47.5 Å². The molecule has 4 rings (SSSR count). The van der Waals surface area contributed by atoms with Crippen molar-refractivity contribution in [1.82, 2.24) is 14.9 Å². The summed E-state index contributed by atoms with van der Waals surface area (Å²) in [5.74, 6) is -0.136. The SMILES string of the molecule is Cc1ccc2c(Nc3ccc(S(C)(=O)=O)cc3)c(C(=O)N3CCOCC3)cnc2n1. The van der Waals surface area contributed by atoms with E-state index in [9.17, 15) is 13.2 Å². The van der Waals surface area contributed by atoms with Gasteiger partial charge in [0.1, 0.15) is 0 Å². The zero-order chi connectivity index (χ0) is 21.3. The number of hydrogen-bond donors (Lipinski definition) is 1. The highest BCUT2D eigenvalue weighted by atomic mass is 32.2. The molecule has 0 bridgehead atoms. The van der Waals surface area contributed by atoms with Gasteiger partial charge in [-0.05, 0) is 43.3 Å². The predicted octanol–water partition coefficient (Wildman–Crippen LogP) is 2.56. The number of sulfone groups is 1. The second-order valence-corrected chi connectivity index (χ2v) is 9.21. The molecule has 9 heteroatoms. The number of anilines is 2. The quantitative estimate of drug-likeness (QED) is 0.684. The maximum Gasteiger partial charge on any atom is 0.257 e. The van der Waals surface area contributed by atoms with Crippen molar-refractivity contribution in [2.75, 3.05) is 37.9 Å². The summed E-state index contributed by atoms with van der Waals surface area (Å²) in [5.41, 5.74) is 3.04. The molecule has 1 amide bonds. The third-order valence-electron chi connectivity index (χ3n) is 4.95. The predicted molar refractivity (Wildman–Crippen MR) is 114 cm³/mol. The van der Waals surface area contributed by atoms with Crippen LogP contribution in [0.3, 0.4) is 0 Å². The van der Waals surface area contributed by atoms with Crippen LogP contribution in [0.4, 0.5) is 11.4 Å². The third-order valence-corrected chi connectivity index (χ3v) is 6.08. The van der Waals surface area contributed by atoms with E-state index in [4.69, 9.17) is 4.74 Å². The van der Waals surface area contributed by atoms with Crippen LogP contribution in [0.5, 0.6) is 0 Å². The number of carbonyl (C=O) groups is 1. The Labute approximate surface area is 174 Å². The number of aromatic nitrogens is 2. The second kappa shape index (κ2) is 8.00. The highest BCUT2D eigenvalue weighted by molar-refractivity contribution is 7.90. The molecule has 1 N–H and O–H groups in total. The fraction of sp³-hybridized carbons (Fsp3) is 0.286. The van der Waals surface area contributed by atoms with Gasteiger partial charge in [-0.25, -0.2) is 18.4 Å². The smallest absolute Gasteiger partial charge is 0.257 e. The molecule has 0 aliphatic carbocycles. The Kier molecular flexibility index (Phi) is 5.40. The summed E-state index contributed by atoms with van der Waals surface area (Å²) in [5, 5.41) is 3.99. The molecule has 1 aliphatic rings. The number of rotatable bonds is 4. The molecule has 1 aromatic carbocycles. The van der Waals surface area contributed by atoms with Crippen LogP contribution in [-0.4, -0.2) is 61.8 Å². The van der Waals surface area contributed by atoms with E-state index in [1.165, 1.54) is 18.4 Å². The standard InChI is InChI=1S/C21H22N4O4S/c1-14-3-8-17-19(24-15-4-6-16(7-5-15)30(2,27)28)18(13-22-20(17)23-14)21(26)25-9-11-29-12-10-25/h3-8,13H,9-12H2,1-2H3,(H,22,23,24). The van der Waals surface area contributed by atoms with Crippen LogP contribution in [0.25, 0.3) is 11.0 Å². The Hall–Kier alpha value is -3.04. The molecule has 156 valence electrons. The minimum Gasteiger partial charge on any atom is -0.378 e. The molecular weight excluding hydrogens is 404 g/mol. The Morgan fingerprint density at radius 1 is 1.10 bits per heavy atom. The van der Waals surface area contributed by atoms with E-state index in [0.29, 0.717) is 54.3 Å². The zero-order valence-electron chi connectivity index (χ0n) is 16.8. The Balaban J connectivity index is 1.78. The average molecular weight is 426 g/mol. The molecule has 1 aliphatic heterocycles. The highest BCUT2D eigenvalue weighted by Gasteiger charge is 2.23. The van der Waals surface area contributed by atoms with E-state index < -0.39 is 9.84 Å². The third kappa shape index (κ3) is 4.12. The molecule has 3 heterocycles. The molecule has 30 heavy (non-hydrogen) atoms. The minimum atomic E-state index is -3.29. The molecule has 0 radical (unpaired) electrons. The number of carbonyl (C=O) groups excluding carboxylic acids is 1. The number of nitrogens with one attached hydrogen (secondary N) is 1. The van der Waals surface area contributed by atoms with Crippen molar-refractivity contribution < 1.29 is 17.9 Å². The molecule has 0 atom stereocenters. The lowest BCUT2D eigenvalue weighted by molar-refractivity contribution is 0.0303. The molecule has 8 nitrogen and oxygen atoms in total. The van der Waals surface area contributed by atoms with E-state index in [-0.39, 0.29) is 10.8 Å². The minimum absolute atomic E-state index is 0.136. The van der Waals surface area contributed by atoms with Gasteiger partial charge in [0.15, 0.2) is 15.5 Å². The second-order valence-electron chi connectivity index (χ2n) is 7.20. The van der Waals surface area contributed by atoms with Gasteiger partial charge in [0.2, 0.25) is 0 Å². The van der Waals surface area contributed by atoms with Crippen LogP contribution < -0.4 is 5.32 Å². The topological polar surface area (TPSA) is 101 Å². The zero-order valence-corrected chi connectivity index (χ0v) is 17.6. The first-order chi connectivity index (χ1) is 14.3. The number of aryl methyl sites for hydroxylation is 1. The molecule has 0 saturated carbocycles. The Morgan fingerprint density at radius 2 is 1.80 bits per heavy atom. The molecular formula is C21H22N4O4S. The van der Waals surface area contributed by atoms with Gasteiger partial charge in [0, 0.05) is 42.3 Å². The van der Waals surface area contributed by atoms with Crippen LogP contribution in [-0.2, 0) is 14.6 Å². The van der Waals surface area contributed by atoms with Gasteiger partial charge in [0.05, 0.1) is 29.4 Å². The lowest BCUT2D eigenvalue weighted by Crippen LogP contribution is -2.41. The Morgan fingerprint density at radius 3 is 2.47 bits per heavy atom. The lowest BCUT2D eigenvalue weighted by atomic mass is 10.1. The van der Waals surface area contributed by atoms with Gasteiger partial charge in [-0.2, -0.15) is 0 Å². The summed E-state index contributed by atoms with van der Waals surface area (Å²) in [6, 6.07) is 10.2. The van der Waals surface area contributed by atoms with E-state index >= 15 is 0 Å². The summed E-state index contributed by atoms with van der Waals surface area (Å²) in [6.07, 6.45) is 2.71. The summed E-state index contributed by atoms with van der Waals surface area (Å²) < 4.78 is 28.8. The average Bonchev–Trinajstić information content (AvgIpc) is 2.73. The molecule has 0 unspecified atom stereocenters. The fourth-order valence-electron chi connectivity index (χ4n) is 3.34. The number of morpholine rings is 1. The summed E-state index contributed by atoms with van der Waals surface area (Å²) in [6.45, 7) is 3.92. The van der Waals surface area contributed by atoms with E-state index in [1.54, 1.807) is 23.2 Å². The number of nitrogens with zero attached hydrogens (tertiary/aromatic N) is 3. The first kappa shape index (κ1) is 20.2. The summed E-state index contributed by atoms with van der Waals surface area (Å²) in [7, 11) is -3.29. The summed E-state index contributed by atoms with van der Waals surface area (Å²) in [4.78, 5) is 24.0. The number of ether oxygens (including phenoxy) is 1. The van der Waals surface area contributed by atoms with Crippen molar-refractivity contribution in [1.29, 1.82) is 0 Å². The Bertz CT molecular complexity index is 1200. The van der Waals surface area contributed by atoms with Gasteiger partial charge in [0.25, 0.3) is 5.91 Å². The van der Waals surface area contributed by atoms with E-state index in [2.05, 4.69) is 15.3 Å². The number of fused-ring (bicyclic) bond motifs is 1. The summed E-state index contributed by atoms with van der Waals surface area (Å²) >= 11 is 0. The lowest BCUT2D eigenvalue weighted by Gasteiger charge is -2.27. The maximum absolute atomic E-state index is 13.2. The maximum atomic E-state index is 13.2. The van der Waals surface area contributed by atoms with Gasteiger partial charge < -0.3 is 15.0 Å². The first-order valence-electron chi connectivity index (χ1n) is 9.53. The van der Waals surface area contributed by atoms with Crippen molar-refractivity contribution in [2.45, 2.75) is 11.8 Å². The van der Waals surface area contributed by atoms with Crippen molar-refractivity contribution in [3.05, 3.63) is 53.9 Å². The van der Waals surface area contributed by atoms with Gasteiger partial charge in [-0.1, -0.05) is 0 Å². The monoisotopic (exact) mass is 426 g/mol.